The molecule has 7 amide bonds. The SMILES string of the molecule is CCCC(=O)NS(N)(=O)=O.CN(CC(=O)NS(N)(=O)=O)C(=O)OC(C)(C)C.CN(CC(=O)O)C(=O)OC(C)(C)C.CN(CC(=O)ON1C(=O)CCC1=O)C(=O)OC(C)(C)C. The van der Waals surface area contributed by atoms with Crippen LogP contribution >= 0.6 is 0 Å². The van der Waals surface area contributed by atoms with Gasteiger partial charge in [-0.25, -0.2) is 38.9 Å². The van der Waals surface area contributed by atoms with Gasteiger partial charge in [0.05, 0.1) is 0 Å². The molecule has 26 nitrogen and oxygen atoms in total. The summed E-state index contributed by atoms with van der Waals surface area (Å²) in [5.74, 6) is -4.56. The number of rotatable bonds is 11. The Morgan fingerprint density at radius 2 is 0.950 bits per heavy atom. The van der Waals surface area contributed by atoms with Crippen molar-refractivity contribution in [1.82, 2.24) is 29.2 Å². The third-order valence-electron chi connectivity index (χ3n) is 5.42. The highest BCUT2D eigenvalue weighted by Gasteiger charge is 2.33. The molecule has 0 unspecified atom stereocenters. The maximum absolute atomic E-state index is 11.6. The van der Waals surface area contributed by atoms with Crippen molar-refractivity contribution in [2.24, 2.45) is 10.3 Å². The topological polar surface area (TPSA) is 368 Å². The van der Waals surface area contributed by atoms with Crippen molar-refractivity contribution in [3.8, 4) is 0 Å². The van der Waals surface area contributed by atoms with E-state index in [4.69, 9.17) is 19.3 Å². The van der Waals surface area contributed by atoms with Gasteiger partial charge in [0.2, 0.25) is 5.91 Å². The zero-order valence-electron chi connectivity index (χ0n) is 36.1. The van der Waals surface area contributed by atoms with Gasteiger partial charge in [-0.05, 0) is 68.7 Å². The molecule has 0 aromatic heterocycles. The summed E-state index contributed by atoms with van der Waals surface area (Å²) in [7, 11) is -3.92. The Balaban J connectivity index is -0.000000745. The summed E-state index contributed by atoms with van der Waals surface area (Å²) < 4.78 is 59.5. The van der Waals surface area contributed by atoms with Gasteiger partial charge in [0.15, 0.2) is 0 Å². The van der Waals surface area contributed by atoms with E-state index in [0.29, 0.717) is 11.5 Å². The number of nitrogens with two attached hydrogens (primary N) is 2. The smallest absolute Gasteiger partial charge is 0.410 e. The molecule has 1 saturated heterocycles. The van der Waals surface area contributed by atoms with Gasteiger partial charge < -0.3 is 38.9 Å². The molecule has 28 heteroatoms. The zero-order valence-corrected chi connectivity index (χ0v) is 37.7. The number of imide groups is 1. The van der Waals surface area contributed by atoms with Crippen molar-refractivity contribution in [2.75, 3.05) is 40.8 Å². The quantitative estimate of drug-likeness (QED) is 0.131. The van der Waals surface area contributed by atoms with E-state index in [9.17, 15) is 60.0 Å². The number of nitrogens with zero attached hydrogens (tertiary/aromatic N) is 4. The lowest BCUT2D eigenvalue weighted by atomic mass is 10.2. The molecular formula is C32H60N8O18S2. The van der Waals surface area contributed by atoms with Crippen molar-refractivity contribution in [3.05, 3.63) is 0 Å². The van der Waals surface area contributed by atoms with Crippen LogP contribution in [0.15, 0.2) is 0 Å². The monoisotopic (exact) mass is 908 g/mol. The summed E-state index contributed by atoms with van der Waals surface area (Å²) in [4.78, 5) is 108. The number of aliphatic carboxylic acids is 1. The minimum Gasteiger partial charge on any atom is -0.480 e. The van der Waals surface area contributed by atoms with Gasteiger partial charge in [-0.15, -0.1) is 5.06 Å². The summed E-state index contributed by atoms with van der Waals surface area (Å²) in [5, 5.41) is 17.9. The van der Waals surface area contributed by atoms with Crippen LogP contribution in [0.1, 0.15) is 94.9 Å². The molecule has 7 N–H and O–H groups in total. The zero-order chi connectivity index (χ0) is 48.2. The number of likely N-dealkylation sites (N-methyl/N-ethyl adjacent to an activating group) is 3. The Morgan fingerprint density at radius 3 is 1.25 bits per heavy atom. The van der Waals surface area contributed by atoms with Crippen molar-refractivity contribution < 1.29 is 84.1 Å². The van der Waals surface area contributed by atoms with Crippen molar-refractivity contribution >= 4 is 74.3 Å². The molecule has 0 bridgehead atoms. The average Bonchev–Trinajstić information content (AvgIpc) is 3.29. The van der Waals surface area contributed by atoms with Crippen LogP contribution in [0.25, 0.3) is 0 Å². The number of carbonyl (C=O) groups is 9. The molecule has 0 atom stereocenters. The first-order chi connectivity index (χ1) is 26.7. The maximum atomic E-state index is 11.6. The number of hydrogen-bond donors (Lipinski definition) is 5. The molecule has 0 saturated carbocycles. The van der Waals surface area contributed by atoms with E-state index in [0.717, 1.165) is 14.7 Å². The van der Waals surface area contributed by atoms with Gasteiger partial charge in [0, 0.05) is 40.4 Å². The van der Waals surface area contributed by atoms with Crippen LogP contribution in [-0.4, -0.2) is 153 Å². The summed E-state index contributed by atoms with van der Waals surface area (Å²) in [5.41, 5.74) is -1.97. The predicted molar refractivity (Wildman–Crippen MR) is 209 cm³/mol. The second kappa shape index (κ2) is 25.3. The van der Waals surface area contributed by atoms with Gasteiger partial charge in [-0.3, -0.25) is 24.0 Å². The lowest BCUT2D eigenvalue weighted by Crippen LogP contribution is -2.44. The number of amides is 7. The van der Waals surface area contributed by atoms with Crippen LogP contribution in [-0.2, 0) is 68.2 Å². The molecule has 0 aromatic rings. The van der Waals surface area contributed by atoms with Crippen molar-refractivity contribution in [2.45, 2.75) is 112 Å². The first kappa shape index (κ1) is 59.0. The Labute approximate surface area is 349 Å². The molecule has 0 spiro atoms. The number of nitrogens with one attached hydrogen (secondary N) is 2. The molecule has 0 aromatic carbocycles. The lowest BCUT2D eigenvalue weighted by molar-refractivity contribution is -0.197. The molecular weight excluding hydrogens is 849 g/mol. The second-order valence-electron chi connectivity index (χ2n) is 15.3. The van der Waals surface area contributed by atoms with Crippen LogP contribution < -0.4 is 19.7 Å². The maximum Gasteiger partial charge on any atom is 0.410 e. The van der Waals surface area contributed by atoms with Crippen LogP contribution in [0.3, 0.4) is 0 Å². The summed E-state index contributed by atoms with van der Waals surface area (Å²) in [6.45, 7) is 15.8. The first-order valence-electron chi connectivity index (χ1n) is 17.5. The van der Waals surface area contributed by atoms with Gasteiger partial charge in [-0.1, -0.05) is 6.92 Å². The fraction of sp³-hybridized carbons (Fsp3) is 0.719. The average molecular weight is 909 g/mol. The summed E-state index contributed by atoms with van der Waals surface area (Å²) >= 11 is 0. The van der Waals surface area contributed by atoms with Crippen molar-refractivity contribution in [3.63, 3.8) is 0 Å². The van der Waals surface area contributed by atoms with Crippen LogP contribution in [0, 0.1) is 0 Å². The third-order valence-corrected chi connectivity index (χ3v) is 6.45. The number of ether oxygens (including phenoxy) is 3. The molecule has 0 aliphatic carbocycles. The number of carbonyl (C=O) groups excluding carboxylic acids is 8. The largest absolute Gasteiger partial charge is 0.480 e. The minimum absolute atomic E-state index is 0.0218. The van der Waals surface area contributed by atoms with E-state index in [2.05, 4.69) is 15.1 Å². The molecule has 60 heavy (non-hydrogen) atoms. The third kappa shape index (κ3) is 34.7. The minimum atomic E-state index is -4.11. The highest BCUT2D eigenvalue weighted by molar-refractivity contribution is 7.88. The van der Waals surface area contributed by atoms with Gasteiger partial charge in [0.1, 0.15) is 36.4 Å². The van der Waals surface area contributed by atoms with E-state index >= 15 is 0 Å². The van der Waals surface area contributed by atoms with Gasteiger partial charge in [-0.2, -0.15) is 16.8 Å². The highest BCUT2D eigenvalue weighted by Crippen LogP contribution is 2.13. The normalized spacial score (nSPS) is 12.6. The Bertz CT molecular complexity index is 1740. The van der Waals surface area contributed by atoms with E-state index in [1.165, 1.54) is 25.9 Å². The molecule has 1 aliphatic heterocycles. The standard InChI is InChI=1S/C12H18N2O6.C8H17N3O5S.C8H15NO4.C4H10N2O3S/c1-12(2,3)19-11(18)13(4)7-10(17)20-14-8(15)5-6-9(14)16;1-8(2,3)16-7(13)11(4)5-6(12)10-17(9,14)15;1-8(2,3)13-7(12)9(4)5-6(10)11;1-2-3-4(7)6-10(5,8)9/h5-7H2,1-4H3;5H2,1-4H3,(H,10,12)(H2,9,14,15);5H2,1-4H3,(H,10,11);2-3H2,1H3,(H,6,7)(H2,5,8,9). The van der Waals surface area contributed by atoms with Crippen LogP contribution in [0.5, 0.6) is 0 Å². The predicted octanol–water partition coefficient (Wildman–Crippen LogP) is -0.322. The van der Waals surface area contributed by atoms with Crippen LogP contribution in [0.4, 0.5) is 14.4 Å². The second-order valence-corrected chi connectivity index (χ2v) is 17.9. The Kier molecular flexibility index (Phi) is 24.9. The fourth-order valence-electron chi connectivity index (χ4n) is 3.24. The number of hydrogen-bond acceptors (Lipinski definition) is 17. The molecule has 1 heterocycles. The molecule has 1 aliphatic rings. The van der Waals surface area contributed by atoms with Crippen LogP contribution in [0.2, 0.25) is 0 Å². The van der Waals surface area contributed by atoms with E-state index in [1.807, 2.05) is 0 Å². The van der Waals surface area contributed by atoms with E-state index < -0.39 is 104 Å². The summed E-state index contributed by atoms with van der Waals surface area (Å²) in [6.07, 6.45) is -1.25. The Morgan fingerprint density at radius 1 is 0.633 bits per heavy atom. The van der Waals surface area contributed by atoms with Crippen molar-refractivity contribution in [1.29, 1.82) is 0 Å². The van der Waals surface area contributed by atoms with Gasteiger partial charge in [0.25, 0.3) is 38.1 Å². The molecule has 0 radical (unpaired) electrons. The molecule has 348 valence electrons. The molecule has 1 rings (SSSR count). The number of carboxylic acid groups (broad SMARTS) is 1. The first-order valence-corrected chi connectivity index (χ1v) is 20.5. The lowest BCUT2D eigenvalue weighted by Gasteiger charge is -2.24. The van der Waals surface area contributed by atoms with E-state index in [-0.39, 0.29) is 25.8 Å². The van der Waals surface area contributed by atoms with Gasteiger partial charge >= 0.3 is 30.2 Å². The molecule has 1 fully saturated rings. The fourth-order valence-corrected chi connectivity index (χ4v) is 4.04. The Hall–Kier alpha value is -5.35. The number of carboxylic acids is 1. The summed E-state index contributed by atoms with van der Waals surface area (Å²) in [6, 6.07) is 0. The van der Waals surface area contributed by atoms with E-state index in [1.54, 1.807) is 74.0 Å². The number of hydroxylamine groups is 2. The highest BCUT2D eigenvalue weighted by atomic mass is 32.2.